The predicted octanol–water partition coefficient (Wildman–Crippen LogP) is 1.84. The van der Waals surface area contributed by atoms with E-state index in [9.17, 15) is 15.3 Å². The van der Waals surface area contributed by atoms with Crippen molar-refractivity contribution in [2.24, 2.45) is 0 Å². The van der Waals surface area contributed by atoms with Crippen LogP contribution in [0.5, 0.6) is 17.2 Å². The Kier molecular flexibility index (Phi) is 3.84. The Morgan fingerprint density at radius 1 is 0.722 bits per heavy atom. The van der Waals surface area contributed by atoms with E-state index in [1.807, 2.05) is 0 Å². The topological polar surface area (TPSA) is 60.7 Å². The van der Waals surface area contributed by atoms with E-state index in [0.717, 1.165) is 3.61 Å². The van der Waals surface area contributed by atoms with Crippen molar-refractivity contribution in [3.8, 4) is 17.2 Å². The minimum atomic E-state index is -3.56. The van der Waals surface area contributed by atoms with E-state index in [1.54, 1.807) is 18.2 Å². The number of halogens is 2. The Morgan fingerprint density at radius 2 is 1.28 bits per heavy atom. The van der Waals surface area contributed by atoms with Gasteiger partial charge in [-0.05, 0) is 0 Å². The summed E-state index contributed by atoms with van der Waals surface area (Å²) in [5.41, 5.74) is 0. The van der Waals surface area contributed by atoms with Gasteiger partial charge < -0.3 is 0 Å². The summed E-state index contributed by atoms with van der Waals surface area (Å²) < 4.78 is 1.35. The third-order valence-electron chi connectivity index (χ3n) is 2.38. The maximum atomic E-state index is 9.48. The third kappa shape index (κ3) is 2.62. The van der Waals surface area contributed by atoms with Crippen molar-refractivity contribution in [3.05, 3.63) is 42.5 Å². The van der Waals surface area contributed by atoms with Gasteiger partial charge in [-0.1, -0.05) is 0 Å². The first-order chi connectivity index (χ1) is 8.41. The maximum absolute atomic E-state index is 9.48. The van der Waals surface area contributed by atoms with Crippen LogP contribution < -0.4 is 7.22 Å². The van der Waals surface area contributed by atoms with E-state index in [2.05, 4.69) is 0 Å². The second-order valence-electron chi connectivity index (χ2n) is 3.61. The van der Waals surface area contributed by atoms with E-state index in [4.69, 9.17) is 17.9 Å². The van der Waals surface area contributed by atoms with Gasteiger partial charge in [0.05, 0.1) is 0 Å². The Hall–Kier alpha value is -0.790. The third-order valence-corrected chi connectivity index (χ3v) is 12.0. The molecule has 0 heterocycles. The molecule has 0 aliphatic carbocycles. The Labute approximate surface area is 116 Å². The Balaban J connectivity index is 2.46. The molecule has 0 atom stereocenters. The van der Waals surface area contributed by atoms with Crippen LogP contribution in [0.3, 0.4) is 0 Å². The molecule has 0 aliphatic heterocycles. The first kappa shape index (κ1) is 13.6. The summed E-state index contributed by atoms with van der Waals surface area (Å²) in [5.74, 6) is -0.320. The van der Waals surface area contributed by atoms with Crippen molar-refractivity contribution in [1.82, 2.24) is 0 Å². The van der Waals surface area contributed by atoms with E-state index in [1.165, 1.54) is 24.3 Å². The molecule has 96 valence electrons. The van der Waals surface area contributed by atoms with Crippen LogP contribution >= 0.6 is 17.9 Å². The van der Waals surface area contributed by atoms with E-state index < -0.39 is 15.9 Å². The van der Waals surface area contributed by atoms with Gasteiger partial charge in [0.15, 0.2) is 0 Å². The normalized spacial score (nSPS) is 12.3. The summed E-state index contributed by atoms with van der Waals surface area (Å²) in [5, 5.41) is 28.0. The molecule has 18 heavy (non-hydrogen) atoms. The van der Waals surface area contributed by atoms with Crippen LogP contribution in [0.25, 0.3) is 0 Å². The van der Waals surface area contributed by atoms with Gasteiger partial charge in [-0.15, -0.1) is 0 Å². The molecule has 0 spiro atoms. The zero-order chi connectivity index (χ0) is 13.3. The average molecular weight is 401 g/mol. The van der Waals surface area contributed by atoms with Crippen LogP contribution in [0.15, 0.2) is 42.5 Å². The van der Waals surface area contributed by atoms with Crippen molar-refractivity contribution < 1.29 is 15.3 Å². The second kappa shape index (κ2) is 5.06. The summed E-state index contributed by atoms with van der Waals surface area (Å²) >= 11 is -3.56. The quantitative estimate of drug-likeness (QED) is 0.532. The number of phenolic OH excluding ortho intramolecular Hbond substituents is 3. The van der Waals surface area contributed by atoms with Crippen LogP contribution in [0.1, 0.15) is 0 Å². The molecule has 0 unspecified atom stereocenters. The molecule has 3 N–H and O–H groups in total. The zero-order valence-electron chi connectivity index (χ0n) is 9.05. The van der Waals surface area contributed by atoms with Crippen LogP contribution in [-0.2, 0) is 0 Å². The fourth-order valence-electron chi connectivity index (χ4n) is 1.42. The first-order valence-electron chi connectivity index (χ1n) is 4.95. The van der Waals surface area contributed by atoms with Crippen molar-refractivity contribution in [3.63, 3.8) is 0 Å². The van der Waals surface area contributed by atoms with E-state index >= 15 is 0 Å². The molecule has 0 bridgehead atoms. The van der Waals surface area contributed by atoms with Crippen LogP contribution in [0, 0.1) is 0 Å². The molecular weight excluding hydrogens is 391 g/mol. The molecule has 0 saturated carbocycles. The van der Waals surface area contributed by atoms with Gasteiger partial charge in [-0.25, -0.2) is 0 Å². The molecule has 0 amide bonds. The fourth-order valence-corrected chi connectivity index (χ4v) is 7.65. The van der Waals surface area contributed by atoms with Crippen LogP contribution in [-0.4, -0.2) is 31.3 Å². The first-order valence-corrected chi connectivity index (χ1v) is 13.2. The molecule has 2 rings (SSSR count). The minimum absolute atomic E-state index is 0.138. The van der Waals surface area contributed by atoms with Gasteiger partial charge in [0.1, 0.15) is 0 Å². The second-order valence-corrected chi connectivity index (χ2v) is 16.3. The predicted molar refractivity (Wildman–Crippen MR) is 74.6 cm³/mol. The van der Waals surface area contributed by atoms with Gasteiger partial charge in [0.25, 0.3) is 0 Å². The van der Waals surface area contributed by atoms with Gasteiger partial charge in [0, 0.05) is 0 Å². The Bertz CT molecular complexity index is 570. The van der Waals surface area contributed by atoms with E-state index in [0.29, 0.717) is 3.61 Å². The summed E-state index contributed by atoms with van der Waals surface area (Å²) in [4.78, 5) is 0. The van der Waals surface area contributed by atoms with Crippen LogP contribution in [0.4, 0.5) is 0 Å². The molecule has 0 aromatic heterocycles. The van der Waals surface area contributed by atoms with Crippen molar-refractivity contribution >= 4 is 41.1 Å². The molecule has 0 saturated heterocycles. The standard InChI is InChI=1S/C12H10Cl2O3Te/c13-18(14,9-3-1-8(15)2-4-9)10-5-6-11(16)12(17)7-10/h1-7,15-17H. The zero-order valence-corrected chi connectivity index (χ0v) is 12.9. The van der Waals surface area contributed by atoms with Crippen LogP contribution in [0.2, 0.25) is 0 Å². The van der Waals surface area contributed by atoms with Crippen molar-refractivity contribution in [1.29, 1.82) is 0 Å². The summed E-state index contributed by atoms with van der Waals surface area (Å²) in [6.45, 7) is 0. The molecule has 2 aromatic rings. The van der Waals surface area contributed by atoms with Gasteiger partial charge in [0.2, 0.25) is 0 Å². The fraction of sp³-hybridized carbons (Fsp3) is 0. The molecule has 3 nitrogen and oxygen atoms in total. The number of phenols is 3. The Morgan fingerprint density at radius 3 is 1.83 bits per heavy atom. The average Bonchev–Trinajstić information content (AvgIpc) is 2.33. The molecular formula is C12H10Cl2O3Te. The van der Waals surface area contributed by atoms with E-state index in [-0.39, 0.29) is 17.2 Å². The SMILES string of the molecule is Oc1ccc([Te](Cl)(Cl)c2ccc(O)c(O)c2)cc1. The number of aromatic hydroxyl groups is 3. The number of rotatable bonds is 2. The number of hydrogen-bond donors (Lipinski definition) is 3. The summed E-state index contributed by atoms with van der Waals surface area (Å²) in [7, 11) is 12.9. The van der Waals surface area contributed by atoms with Crippen molar-refractivity contribution in [2.75, 3.05) is 0 Å². The van der Waals surface area contributed by atoms with Gasteiger partial charge >= 0.3 is 116 Å². The molecule has 0 radical (unpaired) electrons. The molecule has 6 heteroatoms. The monoisotopic (exact) mass is 402 g/mol. The van der Waals surface area contributed by atoms with Gasteiger partial charge in [-0.3, -0.25) is 0 Å². The summed E-state index contributed by atoms with van der Waals surface area (Å²) in [6, 6.07) is 10.7. The molecule has 2 aromatic carbocycles. The van der Waals surface area contributed by atoms with Gasteiger partial charge in [-0.2, -0.15) is 0 Å². The number of hydrogen-bond acceptors (Lipinski definition) is 3. The van der Waals surface area contributed by atoms with Crippen molar-refractivity contribution in [2.45, 2.75) is 0 Å². The molecule has 0 fully saturated rings. The summed E-state index contributed by atoms with van der Waals surface area (Å²) in [6.07, 6.45) is 0. The number of benzene rings is 2. The molecule has 0 aliphatic rings.